The van der Waals surface area contributed by atoms with Gasteiger partial charge in [-0.05, 0) is 25.0 Å². The molecule has 1 N–H and O–H groups in total. The van der Waals surface area contributed by atoms with Crippen molar-refractivity contribution in [3.05, 3.63) is 34.6 Å². The monoisotopic (exact) mass is 313 g/mol. The van der Waals surface area contributed by atoms with E-state index in [4.69, 9.17) is 16.7 Å². The topological polar surface area (TPSA) is 57.6 Å². The lowest BCUT2D eigenvalue weighted by molar-refractivity contribution is -0.148. The average Bonchev–Trinajstić information content (AvgIpc) is 2.91. The zero-order valence-corrected chi connectivity index (χ0v) is 12.4. The van der Waals surface area contributed by atoms with Gasteiger partial charge in [-0.2, -0.15) is 0 Å². The van der Waals surface area contributed by atoms with E-state index in [2.05, 4.69) is 0 Å². The molecular weight excluding hydrogens is 297 g/mol. The molecule has 0 bridgehead atoms. The summed E-state index contributed by atoms with van der Waals surface area (Å²) in [5, 5.41) is 9.40. The molecule has 0 aliphatic heterocycles. The Labute approximate surface area is 127 Å². The fourth-order valence-corrected chi connectivity index (χ4v) is 3.06. The van der Waals surface area contributed by atoms with Crippen molar-refractivity contribution >= 4 is 23.5 Å². The summed E-state index contributed by atoms with van der Waals surface area (Å²) in [5.41, 5.74) is 0.250. The predicted octanol–water partition coefficient (Wildman–Crippen LogP) is 2.94. The molecule has 1 saturated carbocycles. The Morgan fingerprint density at radius 1 is 1.38 bits per heavy atom. The van der Waals surface area contributed by atoms with Gasteiger partial charge >= 0.3 is 5.97 Å². The molecule has 1 aliphatic rings. The molecule has 1 fully saturated rings. The molecular formula is C15H17ClFNO3. The van der Waals surface area contributed by atoms with Crippen LogP contribution in [0.3, 0.4) is 0 Å². The first-order chi connectivity index (χ1) is 9.91. The van der Waals surface area contributed by atoms with Crippen LogP contribution in [0.4, 0.5) is 4.39 Å². The Morgan fingerprint density at radius 3 is 2.67 bits per heavy atom. The highest BCUT2D eigenvalue weighted by Crippen LogP contribution is 2.33. The molecule has 4 nitrogen and oxygen atoms in total. The third kappa shape index (κ3) is 3.35. The van der Waals surface area contributed by atoms with Gasteiger partial charge in [0.2, 0.25) is 5.91 Å². The second-order valence-electron chi connectivity index (χ2n) is 5.38. The summed E-state index contributed by atoms with van der Waals surface area (Å²) in [6.45, 7) is 0.0349. The maximum Gasteiger partial charge on any atom is 0.307 e. The smallest absolute Gasteiger partial charge is 0.307 e. The van der Waals surface area contributed by atoms with Crippen LogP contribution in [0.15, 0.2) is 18.2 Å². The Hall–Kier alpha value is -1.62. The van der Waals surface area contributed by atoms with Crippen LogP contribution in [0, 0.1) is 17.7 Å². The highest BCUT2D eigenvalue weighted by molar-refractivity contribution is 6.31. The second kappa shape index (κ2) is 6.43. The number of nitrogens with zero attached hydrogens (tertiary/aromatic N) is 1. The molecule has 0 saturated heterocycles. The fourth-order valence-electron chi connectivity index (χ4n) is 2.83. The van der Waals surface area contributed by atoms with Crippen LogP contribution >= 0.6 is 11.6 Å². The van der Waals surface area contributed by atoms with Crippen molar-refractivity contribution in [1.82, 2.24) is 4.90 Å². The SMILES string of the molecule is CN(Cc1c(F)cccc1Cl)C(=O)C1CCCC1C(=O)O. The summed E-state index contributed by atoms with van der Waals surface area (Å²) in [5.74, 6) is -2.85. The Bertz CT molecular complexity index is 544. The van der Waals surface area contributed by atoms with E-state index in [1.807, 2.05) is 0 Å². The third-order valence-corrected chi connectivity index (χ3v) is 4.34. The summed E-state index contributed by atoms with van der Waals surface area (Å²) in [4.78, 5) is 24.9. The third-order valence-electron chi connectivity index (χ3n) is 3.98. The number of benzene rings is 1. The second-order valence-corrected chi connectivity index (χ2v) is 5.78. The number of hydrogen-bond acceptors (Lipinski definition) is 2. The molecule has 6 heteroatoms. The zero-order valence-electron chi connectivity index (χ0n) is 11.7. The van der Waals surface area contributed by atoms with E-state index in [1.54, 1.807) is 13.1 Å². The van der Waals surface area contributed by atoms with Gasteiger partial charge in [-0.1, -0.05) is 24.1 Å². The maximum absolute atomic E-state index is 13.7. The number of carboxylic acids is 1. The van der Waals surface area contributed by atoms with Crippen LogP contribution in [-0.2, 0) is 16.1 Å². The minimum atomic E-state index is -0.942. The van der Waals surface area contributed by atoms with Gasteiger partial charge in [0, 0.05) is 24.2 Å². The van der Waals surface area contributed by atoms with Gasteiger partial charge < -0.3 is 10.0 Å². The zero-order chi connectivity index (χ0) is 15.6. The van der Waals surface area contributed by atoms with E-state index in [9.17, 15) is 14.0 Å². The molecule has 1 aromatic carbocycles. The largest absolute Gasteiger partial charge is 0.481 e. The van der Waals surface area contributed by atoms with E-state index in [1.165, 1.54) is 17.0 Å². The molecule has 2 atom stereocenters. The fraction of sp³-hybridized carbons (Fsp3) is 0.467. The van der Waals surface area contributed by atoms with Gasteiger partial charge in [-0.25, -0.2) is 4.39 Å². The van der Waals surface area contributed by atoms with Gasteiger partial charge in [0.05, 0.1) is 11.8 Å². The highest BCUT2D eigenvalue weighted by Gasteiger charge is 2.39. The number of carbonyl (C=O) groups excluding carboxylic acids is 1. The number of halogens is 2. The van der Waals surface area contributed by atoms with Gasteiger partial charge in [-0.15, -0.1) is 0 Å². The molecule has 21 heavy (non-hydrogen) atoms. The molecule has 0 heterocycles. The Morgan fingerprint density at radius 2 is 2.05 bits per heavy atom. The molecule has 114 valence electrons. The molecule has 1 amide bonds. The van der Waals surface area contributed by atoms with Crippen LogP contribution in [0.1, 0.15) is 24.8 Å². The van der Waals surface area contributed by atoms with Gasteiger partial charge in [-0.3, -0.25) is 9.59 Å². The number of aliphatic carboxylic acids is 1. The Balaban J connectivity index is 2.11. The summed E-state index contributed by atoms with van der Waals surface area (Å²) >= 11 is 5.94. The first-order valence-corrected chi connectivity index (χ1v) is 7.20. The average molecular weight is 314 g/mol. The number of carbonyl (C=O) groups is 2. The van der Waals surface area contributed by atoms with E-state index in [0.717, 1.165) is 6.42 Å². The number of rotatable bonds is 4. The minimum absolute atomic E-state index is 0.0349. The van der Waals surface area contributed by atoms with Crippen LogP contribution in [-0.4, -0.2) is 28.9 Å². The van der Waals surface area contributed by atoms with E-state index >= 15 is 0 Å². The van der Waals surface area contributed by atoms with Crippen LogP contribution in [0.2, 0.25) is 5.02 Å². The van der Waals surface area contributed by atoms with Crippen molar-refractivity contribution in [2.24, 2.45) is 11.8 Å². The Kier molecular flexibility index (Phi) is 4.83. The van der Waals surface area contributed by atoms with Gasteiger partial charge in [0.25, 0.3) is 0 Å². The van der Waals surface area contributed by atoms with Crippen LogP contribution < -0.4 is 0 Å². The lowest BCUT2D eigenvalue weighted by Crippen LogP contribution is -2.36. The predicted molar refractivity (Wildman–Crippen MR) is 76.4 cm³/mol. The normalized spacial score (nSPS) is 21.3. The van der Waals surface area contributed by atoms with E-state index in [0.29, 0.717) is 12.8 Å². The van der Waals surface area contributed by atoms with Crippen molar-refractivity contribution in [3.8, 4) is 0 Å². The summed E-state index contributed by atoms with van der Waals surface area (Å²) in [6, 6.07) is 4.35. The number of carboxylic acid groups (broad SMARTS) is 1. The lowest BCUT2D eigenvalue weighted by Gasteiger charge is -2.24. The molecule has 1 aromatic rings. The van der Waals surface area contributed by atoms with Crippen molar-refractivity contribution in [1.29, 1.82) is 0 Å². The molecule has 1 aliphatic carbocycles. The first-order valence-electron chi connectivity index (χ1n) is 6.82. The first kappa shape index (κ1) is 15.8. The summed E-state index contributed by atoms with van der Waals surface area (Å²) < 4.78 is 13.7. The van der Waals surface area contributed by atoms with Crippen molar-refractivity contribution in [2.75, 3.05) is 7.05 Å². The van der Waals surface area contributed by atoms with Crippen molar-refractivity contribution < 1.29 is 19.1 Å². The van der Waals surface area contributed by atoms with Crippen LogP contribution in [0.25, 0.3) is 0 Å². The molecule has 2 unspecified atom stereocenters. The summed E-state index contributed by atoms with van der Waals surface area (Å²) in [6.07, 6.45) is 1.80. The van der Waals surface area contributed by atoms with Gasteiger partial charge in [0.1, 0.15) is 5.82 Å². The minimum Gasteiger partial charge on any atom is -0.481 e. The maximum atomic E-state index is 13.7. The van der Waals surface area contributed by atoms with Crippen LogP contribution in [0.5, 0.6) is 0 Å². The molecule has 0 spiro atoms. The quantitative estimate of drug-likeness (QED) is 0.929. The van der Waals surface area contributed by atoms with Crippen molar-refractivity contribution in [3.63, 3.8) is 0 Å². The highest BCUT2D eigenvalue weighted by atomic mass is 35.5. The number of amides is 1. The molecule has 0 radical (unpaired) electrons. The van der Waals surface area contributed by atoms with E-state index < -0.39 is 23.6 Å². The lowest BCUT2D eigenvalue weighted by atomic mass is 9.94. The van der Waals surface area contributed by atoms with Gasteiger partial charge in [0.15, 0.2) is 0 Å². The van der Waals surface area contributed by atoms with E-state index in [-0.39, 0.29) is 23.0 Å². The van der Waals surface area contributed by atoms with Crippen molar-refractivity contribution in [2.45, 2.75) is 25.8 Å². The molecule has 2 rings (SSSR count). The summed E-state index contributed by atoms with van der Waals surface area (Å²) in [7, 11) is 1.54. The molecule has 0 aromatic heterocycles. The number of hydrogen-bond donors (Lipinski definition) is 1. The standard InChI is InChI=1S/C15H17ClFNO3/c1-18(8-11-12(16)6-3-7-13(11)17)14(19)9-4-2-5-10(9)15(20)21/h3,6-7,9-10H,2,4-5,8H2,1H3,(H,20,21).